The number of Topliss-reactive ketones (excluding diaryl/α,β-unsaturated/α-hetero) is 1. The van der Waals surface area contributed by atoms with Crippen LogP contribution in [0.2, 0.25) is 0 Å². The lowest BCUT2D eigenvalue weighted by molar-refractivity contribution is -0.148. The number of benzene rings is 1. The van der Waals surface area contributed by atoms with Crippen LogP contribution in [0.5, 0.6) is 5.75 Å². The van der Waals surface area contributed by atoms with Crippen molar-refractivity contribution in [3.63, 3.8) is 0 Å². The smallest absolute Gasteiger partial charge is 0.257 e. The molecule has 1 atom stereocenters. The molecule has 0 saturated carbocycles. The zero-order chi connectivity index (χ0) is 23.3. The van der Waals surface area contributed by atoms with E-state index < -0.39 is 45.5 Å². The van der Waals surface area contributed by atoms with Crippen LogP contribution in [0.15, 0.2) is 29.2 Å². The van der Waals surface area contributed by atoms with Gasteiger partial charge < -0.3 is 19.7 Å². The standard InChI is InChI=1S/C23H24F2N2O5/c1-22(2)20(30)17-19(29)18(28)15(11-27(17)12-23(22)7-3-4-8-32-23)21(31)26-10-13-5-6-14(24)9-16(13)25/h5-6,9,11,29H,3-4,7-8,10,12H2,1-2H3,(H,26,31). The highest BCUT2D eigenvalue weighted by atomic mass is 19.1. The summed E-state index contributed by atoms with van der Waals surface area (Å²) in [4.78, 5) is 38.7. The fraction of sp³-hybridized carbons (Fsp3) is 0.435. The molecule has 1 spiro atoms. The van der Waals surface area contributed by atoms with Crippen LogP contribution in [0, 0.1) is 17.0 Å². The van der Waals surface area contributed by atoms with Crippen LogP contribution in [0.3, 0.4) is 0 Å². The summed E-state index contributed by atoms with van der Waals surface area (Å²) in [7, 11) is 0. The van der Waals surface area contributed by atoms with E-state index in [1.165, 1.54) is 16.8 Å². The summed E-state index contributed by atoms with van der Waals surface area (Å²) in [5, 5.41) is 13.0. The van der Waals surface area contributed by atoms with Crippen molar-refractivity contribution < 1.29 is 28.2 Å². The summed E-state index contributed by atoms with van der Waals surface area (Å²) in [5.74, 6) is -3.66. The molecular weight excluding hydrogens is 422 g/mol. The van der Waals surface area contributed by atoms with Gasteiger partial charge in [-0.25, -0.2) is 8.78 Å². The SMILES string of the molecule is CC1(C)C(=O)c2c(O)c(=O)c(C(=O)NCc3ccc(F)cc3F)cn2CC12CCCCO2. The Morgan fingerprint density at radius 3 is 2.66 bits per heavy atom. The molecule has 2 N–H and O–H groups in total. The molecule has 2 aliphatic heterocycles. The molecule has 3 heterocycles. The maximum atomic E-state index is 13.8. The van der Waals surface area contributed by atoms with Gasteiger partial charge in [0.2, 0.25) is 5.43 Å². The van der Waals surface area contributed by atoms with E-state index in [-0.39, 0.29) is 29.9 Å². The Morgan fingerprint density at radius 2 is 2.00 bits per heavy atom. The van der Waals surface area contributed by atoms with Gasteiger partial charge in [-0.2, -0.15) is 0 Å². The Kier molecular flexibility index (Phi) is 5.40. The highest BCUT2D eigenvalue weighted by Gasteiger charge is 2.56. The fourth-order valence-electron chi connectivity index (χ4n) is 4.56. The van der Waals surface area contributed by atoms with Gasteiger partial charge in [-0.3, -0.25) is 14.4 Å². The molecule has 2 aromatic rings. The van der Waals surface area contributed by atoms with Crippen LogP contribution in [0.1, 0.15) is 59.5 Å². The molecule has 1 amide bonds. The Hall–Kier alpha value is -3.07. The number of ether oxygens (including phenoxy) is 1. The number of ketones is 1. The van der Waals surface area contributed by atoms with Crippen molar-refractivity contribution in [1.29, 1.82) is 0 Å². The van der Waals surface area contributed by atoms with E-state index in [9.17, 15) is 28.3 Å². The number of aromatic nitrogens is 1. The van der Waals surface area contributed by atoms with E-state index in [4.69, 9.17) is 4.74 Å². The molecule has 7 nitrogen and oxygen atoms in total. The number of nitrogens with one attached hydrogen (secondary N) is 1. The van der Waals surface area contributed by atoms with Gasteiger partial charge in [-0.1, -0.05) is 6.07 Å². The van der Waals surface area contributed by atoms with E-state index in [0.29, 0.717) is 19.1 Å². The minimum absolute atomic E-state index is 0.0357. The van der Waals surface area contributed by atoms with E-state index in [1.807, 2.05) is 0 Å². The minimum atomic E-state index is -0.988. The summed E-state index contributed by atoms with van der Waals surface area (Å²) in [6, 6.07) is 2.94. The number of hydrogen-bond donors (Lipinski definition) is 2. The van der Waals surface area contributed by atoms with Gasteiger partial charge in [-0.15, -0.1) is 0 Å². The molecule has 1 aromatic heterocycles. The van der Waals surface area contributed by atoms with Crippen LogP contribution < -0.4 is 10.7 Å². The average Bonchev–Trinajstić information content (AvgIpc) is 2.75. The van der Waals surface area contributed by atoms with Crippen molar-refractivity contribution in [2.75, 3.05) is 6.61 Å². The van der Waals surface area contributed by atoms with Crippen LogP contribution in [-0.2, 0) is 17.8 Å². The molecule has 4 rings (SSSR count). The Morgan fingerprint density at radius 1 is 1.25 bits per heavy atom. The van der Waals surface area contributed by atoms with Gasteiger partial charge in [0.15, 0.2) is 11.5 Å². The first-order chi connectivity index (χ1) is 15.1. The number of hydrogen-bond acceptors (Lipinski definition) is 5. The van der Waals surface area contributed by atoms with Crippen LogP contribution in [-0.4, -0.2) is 33.6 Å². The molecule has 9 heteroatoms. The van der Waals surface area contributed by atoms with E-state index >= 15 is 0 Å². The summed E-state index contributed by atoms with van der Waals surface area (Å²) in [6.45, 7) is 3.89. The van der Waals surface area contributed by atoms with Gasteiger partial charge in [-0.05, 0) is 39.2 Å². The van der Waals surface area contributed by atoms with Crippen molar-refractivity contribution in [3.05, 3.63) is 63.1 Å². The van der Waals surface area contributed by atoms with E-state index in [2.05, 4.69) is 5.32 Å². The van der Waals surface area contributed by atoms with Crippen molar-refractivity contribution in [2.45, 2.75) is 51.8 Å². The van der Waals surface area contributed by atoms with Crippen molar-refractivity contribution in [1.82, 2.24) is 9.88 Å². The Balaban J connectivity index is 1.68. The van der Waals surface area contributed by atoms with E-state index in [1.54, 1.807) is 13.8 Å². The third-order valence-corrected chi connectivity index (χ3v) is 6.66. The summed E-state index contributed by atoms with van der Waals surface area (Å²) < 4.78 is 34.4. The quantitative estimate of drug-likeness (QED) is 0.756. The summed E-state index contributed by atoms with van der Waals surface area (Å²) in [5.41, 5.74) is -3.28. The maximum Gasteiger partial charge on any atom is 0.257 e. The van der Waals surface area contributed by atoms with Crippen LogP contribution in [0.4, 0.5) is 8.78 Å². The topological polar surface area (TPSA) is 97.6 Å². The van der Waals surface area contributed by atoms with Crippen LogP contribution in [0.25, 0.3) is 0 Å². The molecular formula is C23H24F2N2O5. The number of fused-ring (bicyclic) bond motifs is 1. The third kappa shape index (κ3) is 3.40. The lowest BCUT2D eigenvalue weighted by atomic mass is 9.65. The minimum Gasteiger partial charge on any atom is -0.503 e. The molecule has 2 aliphatic rings. The number of amides is 1. The molecule has 1 aromatic carbocycles. The lowest BCUT2D eigenvalue weighted by Gasteiger charge is -2.51. The second kappa shape index (κ2) is 7.81. The van der Waals surface area contributed by atoms with E-state index in [0.717, 1.165) is 18.9 Å². The van der Waals surface area contributed by atoms with Gasteiger partial charge in [0, 0.05) is 31.0 Å². The zero-order valence-corrected chi connectivity index (χ0v) is 17.8. The predicted molar refractivity (Wildman–Crippen MR) is 111 cm³/mol. The highest BCUT2D eigenvalue weighted by molar-refractivity contribution is 6.03. The van der Waals surface area contributed by atoms with Crippen LogP contribution >= 0.6 is 0 Å². The monoisotopic (exact) mass is 446 g/mol. The predicted octanol–water partition coefficient (Wildman–Crippen LogP) is 2.92. The Bertz CT molecular complexity index is 1170. The summed E-state index contributed by atoms with van der Waals surface area (Å²) >= 11 is 0. The maximum absolute atomic E-state index is 13.8. The second-order valence-electron chi connectivity index (χ2n) is 8.87. The molecule has 1 fully saturated rings. The normalized spacial score (nSPS) is 21.9. The van der Waals surface area contributed by atoms with Crippen molar-refractivity contribution in [2.24, 2.45) is 5.41 Å². The zero-order valence-electron chi connectivity index (χ0n) is 17.8. The average molecular weight is 446 g/mol. The number of aromatic hydroxyl groups is 1. The molecule has 0 bridgehead atoms. The van der Waals surface area contributed by atoms with Crippen molar-refractivity contribution >= 4 is 11.7 Å². The Labute approximate surface area is 183 Å². The third-order valence-electron chi connectivity index (χ3n) is 6.66. The summed E-state index contributed by atoms with van der Waals surface area (Å²) in [6.07, 6.45) is 3.61. The first kappa shape index (κ1) is 22.1. The fourth-order valence-corrected chi connectivity index (χ4v) is 4.56. The van der Waals surface area contributed by atoms with Crippen molar-refractivity contribution in [3.8, 4) is 5.75 Å². The second-order valence-corrected chi connectivity index (χ2v) is 8.87. The first-order valence-electron chi connectivity index (χ1n) is 10.4. The molecule has 32 heavy (non-hydrogen) atoms. The van der Waals surface area contributed by atoms with Gasteiger partial charge in [0.1, 0.15) is 22.9 Å². The largest absolute Gasteiger partial charge is 0.503 e. The van der Waals surface area contributed by atoms with Gasteiger partial charge >= 0.3 is 0 Å². The number of nitrogens with zero attached hydrogens (tertiary/aromatic N) is 1. The number of halogens is 2. The number of carbonyl (C=O) groups excluding carboxylic acids is 2. The lowest BCUT2D eigenvalue weighted by Crippen LogP contribution is -2.59. The molecule has 0 radical (unpaired) electrons. The highest BCUT2D eigenvalue weighted by Crippen LogP contribution is 2.48. The number of carbonyl (C=O) groups is 2. The number of rotatable bonds is 3. The molecule has 0 aliphatic carbocycles. The molecule has 1 saturated heterocycles. The first-order valence-corrected chi connectivity index (χ1v) is 10.4. The molecule has 1 unspecified atom stereocenters. The molecule has 170 valence electrons. The number of pyridine rings is 1. The van der Waals surface area contributed by atoms with Gasteiger partial charge in [0.25, 0.3) is 5.91 Å². The van der Waals surface area contributed by atoms with Gasteiger partial charge in [0.05, 0.1) is 17.6 Å².